The minimum atomic E-state index is -0.960. The molecule has 0 unspecified atom stereocenters. The molecular formula is C17H21FN2O5. The minimum Gasteiger partial charge on any atom is -0.390 e. The fourth-order valence-electron chi connectivity index (χ4n) is 3.16. The van der Waals surface area contributed by atoms with E-state index < -0.39 is 24.0 Å². The van der Waals surface area contributed by atoms with Crippen molar-refractivity contribution in [1.82, 2.24) is 5.32 Å². The number of carbonyl (C=O) groups excluding carboxylic acids is 2. The first-order valence-electron chi connectivity index (χ1n) is 8.23. The summed E-state index contributed by atoms with van der Waals surface area (Å²) < 4.78 is 18.2. The Bertz CT molecular complexity index is 638. The maximum absolute atomic E-state index is 13.0. The van der Waals surface area contributed by atoms with Gasteiger partial charge in [0.05, 0.1) is 25.2 Å². The molecule has 2 aliphatic heterocycles. The number of hydrogen-bond donors (Lipinski definition) is 3. The Morgan fingerprint density at radius 3 is 2.72 bits per heavy atom. The SMILES string of the molecule is O=C(NC[C@@H]1COC[C@@H](O)[C@H]1O)[C@@H]1CC(=O)N(c2ccc(F)cc2)C1. The summed E-state index contributed by atoms with van der Waals surface area (Å²) in [6.45, 7) is 0.722. The van der Waals surface area contributed by atoms with Crippen LogP contribution in [0.3, 0.4) is 0 Å². The van der Waals surface area contributed by atoms with Crippen LogP contribution in [0.1, 0.15) is 6.42 Å². The summed E-state index contributed by atoms with van der Waals surface area (Å²) >= 11 is 0. The number of halogens is 1. The number of benzene rings is 1. The van der Waals surface area contributed by atoms with Gasteiger partial charge in [-0.25, -0.2) is 4.39 Å². The molecule has 2 saturated heterocycles. The average Bonchev–Trinajstić information content (AvgIpc) is 2.98. The molecule has 2 aliphatic rings. The van der Waals surface area contributed by atoms with Crippen molar-refractivity contribution < 1.29 is 28.9 Å². The summed E-state index contributed by atoms with van der Waals surface area (Å²) in [6.07, 6.45) is -1.83. The Balaban J connectivity index is 1.55. The van der Waals surface area contributed by atoms with Gasteiger partial charge >= 0.3 is 0 Å². The lowest BCUT2D eigenvalue weighted by molar-refractivity contribution is -0.131. The molecule has 0 spiro atoms. The number of aliphatic hydroxyl groups is 2. The number of ether oxygens (including phenoxy) is 1. The largest absolute Gasteiger partial charge is 0.390 e. The smallest absolute Gasteiger partial charge is 0.227 e. The molecule has 0 saturated carbocycles. The van der Waals surface area contributed by atoms with Crippen molar-refractivity contribution in [3.63, 3.8) is 0 Å². The van der Waals surface area contributed by atoms with E-state index in [0.717, 1.165) is 0 Å². The highest BCUT2D eigenvalue weighted by Gasteiger charge is 2.36. The first-order chi connectivity index (χ1) is 12.0. The van der Waals surface area contributed by atoms with Gasteiger partial charge in [-0.2, -0.15) is 0 Å². The monoisotopic (exact) mass is 352 g/mol. The van der Waals surface area contributed by atoms with Gasteiger partial charge in [-0.15, -0.1) is 0 Å². The molecular weight excluding hydrogens is 331 g/mol. The van der Waals surface area contributed by atoms with E-state index in [0.29, 0.717) is 5.69 Å². The molecule has 1 aromatic carbocycles. The van der Waals surface area contributed by atoms with Crippen LogP contribution in [0, 0.1) is 17.7 Å². The van der Waals surface area contributed by atoms with E-state index in [9.17, 15) is 24.2 Å². The molecule has 0 bridgehead atoms. The van der Waals surface area contributed by atoms with Crippen molar-refractivity contribution in [2.75, 3.05) is 31.2 Å². The topological polar surface area (TPSA) is 99.1 Å². The van der Waals surface area contributed by atoms with Gasteiger partial charge in [0, 0.05) is 31.1 Å². The van der Waals surface area contributed by atoms with Gasteiger partial charge in [0.25, 0.3) is 0 Å². The van der Waals surface area contributed by atoms with Crippen LogP contribution in [0.15, 0.2) is 24.3 Å². The normalized spacial score (nSPS) is 29.7. The lowest BCUT2D eigenvalue weighted by atomic mass is 9.96. The Kier molecular flexibility index (Phi) is 5.31. The van der Waals surface area contributed by atoms with E-state index >= 15 is 0 Å². The maximum Gasteiger partial charge on any atom is 0.227 e. The van der Waals surface area contributed by atoms with Gasteiger partial charge in [-0.05, 0) is 24.3 Å². The number of nitrogens with one attached hydrogen (secondary N) is 1. The quantitative estimate of drug-likeness (QED) is 0.689. The summed E-state index contributed by atoms with van der Waals surface area (Å²) in [5.74, 6) is -1.77. The van der Waals surface area contributed by atoms with Crippen molar-refractivity contribution in [2.45, 2.75) is 18.6 Å². The molecule has 1 aromatic rings. The highest BCUT2D eigenvalue weighted by Crippen LogP contribution is 2.25. The number of carbonyl (C=O) groups is 2. The summed E-state index contributed by atoms with van der Waals surface area (Å²) in [5.41, 5.74) is 0.556. The second kappa shape index (κ2) is 7.47. The van der Waals surface area contributed by atoms with E-state index in [1.165, 1.54) is 29.2 Å². The van der Waals surface area contributed by atoms with Crippen LogP contribution in [-0.2, 0) is 14.3 Å². The fourth-order valence-corrected chi connectivity index (χ4v) is 3.16. The van der Waals surface area contributed by atoms with Crippen LogP contribution >= 0.6 is 0 Å². The van der Waals surface area contributed by atoms with Crippen molar-refractivity contribution in [3.8, 4) is 0 Å². The number of anilines is 1. The van der Waals surface area contributed by atoms with Crippen molar-refractivity contribution in [3.05, 3.63) is 30.1 Å². The van der Waals surface area contributed by atoms with Gasteiger partial charge in [-0.3, -0.25) is 9.59 Å². The maximum atomic E-state index is 13.0. The third-order valence-electron chi connectivity index (χ3n) is 4.67. The van der Waals surface area contributed by atoms with Crippen LogP contribution < -0.4 is 10.2 Å². The second-order valence-electron chi connectivity index (χ2n) is 6.48. The predicted molar refractivity (Wildman–Crippen MR) is 86.2 cm³/mol. The second-order valence-corrected chi connectivity index (χ2v) is 6.48. The first kappa shape index (κ1) is 17.8. The van der Waals surface area contributed by atoms with Crippen LogP contribution in [0.25, 0.3) is 0 Å². The molecule has 2 heterocycles. The molecule has 2 amide bonds. The standard InChI is InChI=1S/C17H21FN2O5/c18-12-1-3-13(4-2-12)20-7-10(5-15(20)22)17(24)19-6-11-8-25-9-14(21)16(11)23/h1-4,10-11,14,16,21,23H,5-9H2,(H,19,24)/t10-,11-,14-,16+/m1/s1. The molecule has 8 heteroatoms. The third-order valence-corrected chi connectivity index (χ3v) is 4.67. The highest BCUT2D eigenvalue weighted by molar-refractivity contribution is 6.00. The lowest BCUT2D eigenvalue weighted by Crippen LogP contribution is -2.49. The Morgan fingerprint density at radius 2 is 2.00 bits per heavy atom. The Labute approximate surface area is 144 Å². The molecule has 4 atom stereocenters. The lowest BCUT2D eigenvalue weighted by Gasteiger charge is -2.32. The van der Waals surface area contributed by atoms with Gasteiger partial charge < -0.3 is 25.2 Å². The van der Waals surface area contributed by atoms with Crippen LogP contribution in [0.4, 0.5) is 10.1 Å². The fraction of sp³-hybridized carbons (Fsp3) is 0.529. The third kappa shape index (κ3) is 3.97. The van der Waals surface area contributed by atoms with E-state index in [1.807, 2.05) is 0 Å². The molecule has 0 radical (unpaired) electrons. The first-order valence-corrected chi connectivity index (χ1v) is 8.23. The average molecular weight is 352 g/mol. The summed E-state index contributed by atoms with van der Waals surface area (Å²) in [6, 6.07) is 5.55. The molecule has 3 N–H and O–H groups in total. The molecule has 3 rings (SSSR count). The van der Waals surface area contributed by atoms with E-state index in [-0.39, 0.29) is 50.4 Å². The van der Waals surface area contributed by atoms with Gasteiger partial charge in [0.15, 0.2) is 0 Å². The molecule has 25 heavy (non-hydrogen) atoms. The van der Waals surface area contributed by atoms with Crippen LogP contribution in [0.2, 0.25) is 0 Å². The zero-order chi connectivity index (χ0) is 18.0. The zero-order valence-corrected chi connectivity index (χ0v) is 13.6. The van der Waals surface area contributed by atoms with Crippen LogP contribution in [-0.4, -0.2) is 60.5 Å². The molecule has 7 nitrogen and oxygen atoms in total. The number of amides is 2. The van der Waals surface area contributed by atoms with Gasteiger partial charge in [-0.1, -0.05) is 0 Å². The molecule has 0 aliphatic carbocycles. The van der Waals surface area contributed by atoms with E-state index in [4.69, 9.17) is 4.74 Å². The summed E-state index contributed by atoms with van der Waals surface area (Å²) in [5, 5.41) is 22.2. The molecule has 136 valence electrons. The van der Waals surface area contributed by atoms with Gasteiger partial charge in [0.2, 0.25) is 11.8 Å². The Morgan fingerprint density at radius 1 is 1.28 bits per heavy atom. The van der Waals surface area contributed by atoms with Crippen LogP contribution in [0.5, 0.6) is 0 Å². The zero-order valence-electron chi connectivity index (χ0n) is 13.6. The van der Waals surface area contributed by atoms with E-state index in [2.05, 4.69) is 5.32 Å². The number of rotatable bonds is 4. The molecule has 2 fully saturated rings. The van der Waals surface area contributed by atoms with E-state index in [1.54, 1.807) is 0 Å². The number of hydrogen-bond acceptors (Lipinski definition) is 5. The van der Waals surface area contributed by atoms with Crippen molar-refractivity contribution in [1.29, 1.82) is 0 Å². The number of aliphatic hydroxyl groups excluding tert-OH is 2. The van der Waals surface area contributed by atoms with Gasteiger partial charge in [0.1, 0.15) is 11.9 Å². The van der Waals surface area contributed by atoms with Crippen molar-refractivity contribution in [2.24, 2.45) is 11.8 Å². The molecule has 0 aromatic heterocycles. The predicted octanol–water partition coefficient (Wildman–Crippen LogP) is -0.337. The summed E-state index contributed by atoms with van der Waals surface area (Å²) in [4.78, 5) is 25.9. The Hall–Kier alpha value is -2.03. The minimum absolute atomic E-state index is 0.0787. The number of nitrogens with zero attached hydrogens (tertiary/aromatic N) is 1. The summed E-state index contributed by atoms with van der Waals surface area (Å²) in [7, 11) is 0. The van der Waals surface area contributed by atoms with Crippen molar-refractivity contribution >= 4 is 17.5 Å². The highest BCUT2D eigenvalue weighted by atomic mass is 19.1.